The first kappa shape index (κ1) is 58.5. The van der Waals surface area contributed by atoms with Gasteiger partial charge in [-0.15, -0.1) is 0 Å². The van der Waals surface area contributed by atoms with Crippen LogP contribution in [0.4, 0.5) is 10.2 Å². The first-order valence-corrected chi connectivity index (χ1v) is 30.3. The number of halogens is 1. The van der Waals surface area contributed by atoms with Crippen molar-refractivity contribution in [3.05, 3.63) is 135 Å². The van der Waals surface area contributed by atoms with Crippen LogP contribution in [-0.4, -0.2) is 126 Å². The summed E-state index contributed by atoms with van der Waals surface area (Å²) in [4.78, 5) is 56.6. The number of aryl methyl sites for hydroxylation is 2. The average molecular weight is 1170 g/mol. The number of benzene rings is 3. The first-order chi connectivity index (χ1) is 41.4. The van der Waals surface area contributed by atoms with E-state index in [0.29, 0.717) is 65.9 Å². The molecule has 4 saturated heterocycles. The number of pyridine rings is 1. The van der Waals surface area contributed by atoms with Gasteiger partial charge in [0.15, 0.2) is 5.52 Å². The van der Waals surface area contributed by atoms with Gasteiger partial charge in [-0.2, -0.15) is 25.3 Å². The SMILES string of the molecule is C.C=C(/C(=C\c1c(COCc2ccc3c(c2)[nH]c(=O)c2nn(C(C(=O)N4CCCC4C=O)C(C)C)cc23)nc(OC2CCOCC2)nc1N1CC2CC1CN2)C1CC1)c1c(C)c(F)cc2[nH]ncc12.CNCc1ccc2c(c1)CCCn1nccc1-2. The minimum absolute atomic E-state index is 0. The van der Waals surface area contributed by atoms with E-state index in [1.807, 2.05) is 45.3 Å². The summed E-state index contributed by atoms with van der Waals surface area (Å²) in [7, 11) is 1.99. The molecule has 10 heterocycles. The number of piperazine rings is 1. The molecule has 1 amide bonds. The largest absolute Gasteiger partial charge is 0.460 e. The molecule has 6 aliphatic rings. The fourth-order valence-corrected chi connectivity index (χ4v) is 13.5. The zero-order valence-electron chi connectivity index (χ0n) is 48.8. The number of nitrogens with one attached hydrogen (secondary N) is 4. The number of likely N-dealkylation sites (tertiary alicyclic amines) is 1. The molecular weight excluding hydrogens is 1090 g/mol. The molecule has 5 fully saturated rings. The maximum atomic E-state index is 15.5. The van der Waals surface area contributed by atoms with Crippen LogP contribution >= 0.6 is 0 Å². The number of anilines is 1. The monoisotopic (exact) mass is 1170 g/mol. The fraction of sp³-hybridized carbons (Fsp3) is 0.455. The summed E-state index contributed by atoms with van der Waals surface area (Å²) in [5, 5.41) is 25.3. The number of carbonyl (C=O) groups excluding carboxylic acids is 2. The highest BCUT2D eigenvalue weighted by molar-refractivity contribution is 6.04. The molecule has 4 N–H and O–H groups in total. The molecule has 20 heteroatoms. The van der Waals surface area contributed by atoms with Crippen LogP contribution in [0.25, 0.3) is 55.6 Å². The molecule has 3 aromatic carbocycles. The van der Waals surface area contributed by atoms with Crippen molar-refractivity contribution in [2.24, 2.45) is 11.8 Å². The highest BCUT2D eigenvalue weighted by atomic mass is 19.1. The van der Waals surface area contributed by atoms with Gasteiger partial charge in [-0.1, -0.05) is 58.2 Å². The zero-order chi connectivity index (χ0) is 58.5. The number of rotatable bonds is 17. The predicted octanol–water partition coefficient (Wildman–Crippen LogP) is 9.56. The van der Waals surface area contributed by atoms with Crippen molar-refractivity contribution in [3.8, 4) is 17.3 Å². The molecule has 1 aliphatic carbocycles. The molecule has 4 unspecified atom stereocenters. The van der Waals surface area contributed by atoms with Gasteiger partial charge in [-0.3, -0.25) is 24.1 Å². The Hall–Kier alpha value is -7.91. The van der Waals surface area contributed by atoms with Gasteiger partial charge in [0.25, 0.3) is 5.56 Å². The van der Waals surface area contributed by atoms with Crippen LogP contribution in [0.15, 0.2) is 84.1 Å². The smallest absolute Gasteiger partial charge is 0.318 e. The molecule has 5 aliphatic heterocycles. The lowest BCUT2D eigenvalue weighted by Crippen LogP contribution is -2.44. The van der Waals surface area contributed by atoms with Gasteiger partial charge in [0.1, 0.15) is 30.1 Å². The quantitative estimate of drug-likeness (QED) is 0.0494. The summed E-state index contributed by atoms with van der Waals surface area (Å²) in [6, 6.07) is 15.9. The minimum atomic E-state index is -0.677. The Morgan fingerprint density at radius 2 is 1.81 bits per heavy atom. The first-order valence-electron chi connectivity index (χ1n) is 30.3. The highest BCUT2D eigenvalue weighted by Crippen LogP contribution is 2.47. The number of aromatic nitrogens is 9. The van der Waals surface area contributed by atoms with Gasteiger partial charge in [-0.25, -0.2) is 4.39 Å². The van der Waals surface area contributed by atoms with Crippen LogP contribution < -0.4 is 25.8 Å². The number of allylic oxidation sites excluding steroid dienone is 2. The van der Waals surface area contributed by atoms with Crippen LogP contribution in [0.5, 0.6) is 6.01 Å². The molecule has 4 atom stereocenters. The number of carbonyl (C=O) groups is 2. The third kappa shape index (κ3) is 11.5. The van der Waals surface area contributed by atoms with E-state index in [0.717, 1.165) is 122 Å². The van der Waals surface area contributed by atoms with Crippen LogP contribution in [-0.2, 0) is 51.8 Å². The van der Waals surface area contributed by atoms with Gasteiger partial charge < -0.3 is 44.4 Å². The Bertz CT molecular complexity index is 3950. The normalized spacial score (nSPS) is 19.8. The number of fused-ring (bicyclic) bond motifs is 9. The van der Waals surface area contributed by atoms with E-state index >= 15 is 4.39 Å². The van der Waals surface area contributed by atoms with Crippen LogP contribution in [0.3, 0.4) is 0 Å². The number of ether oxygens (including phenoxy) is 3. The number of nitrogens with zero attached hydrogens (tertiary/aromatic N) is 9. The molecule has 14 rings (SSSR count). The third-order valence-corrected chi connectivity index (χ3v) is 18.0. The van der Waals surface area contributed by atoms with Crippen molar-refractivity contribution in [1.29, 1.82) is 0 Å². The molecule has 1 saturated carbocycles. The van der Waals surface area contributed by atoms with Crippen molar-refractivity contribution in [1.82, 2.24) is 60.2 Å². The number of aldehydes is 1. The van der Waals surface area contributed by atoms with Gasteiger partial charge in [0.05, 0.1) is 55.6 Å². The number of hydrogen-bond donors (Lipinski definition) is 4. The van der Waals surface area contributed by atoms with Gasteiger partial charge in [-0.05, 0) is 134 Å². The lowest BCUT2D eigenvalue weighted by molar-refractivity contribution is -0.139. The fourth-order valence-electron chi connectivity index (χ4n) is 13.5. The van der Waals surface area contributed by atoms with Crippen molar-refractivity contribution in [2.45, 2.75) is 143 Å². The lowest BCUT2D eigenvalue weighted by atomic mass is 9.89. The number of aromatic amines is 2. The molecule has 2 bridgehead atoms. The standard InChI is InChI=1S/C51H57FN10O6.C14H17N3.CH4/c1-27(2)47(50(65)60-13-5-6-33(60)24-63)62-23-40-36-10-7-30(16-42(36)55-49(64)46(40)59-62)25-67-26-44-38(18-37(31-8-9-31)28(3)45-29(4)41(52)19-43-39(45)21-54-58-43)48(61-22-32-17-34(61)20-53-32)57-51(56-44)68-35-11-14-66-15-12-35;1-15-10-11-4-5-13-12(9-11)3-2-8-17-14(13)6-7-16-17;/h7,10,16,18-19,21,23-24,27,31-35,47,53H,3,5-6,8-9,11-15,17,20,22,25-26H2,1-2,4H3,(H,54,58)(H,55,64);4-7,9,15H,2-3,8,10H2,1H3;1H4/b37-18+;;. The second kappa shape index (κ2) is 24.8. The topological polar surface area (TPSA) is 215 Å². The minimum Gasteiger partial charge on any atom is -0.460 e. The van der Waals surface area contributed by atoms with Crippen LogP contribution in [0.2, 0.25) is 0 Å². The second-order valence-electron chi connectivity index (χ2n) is 24.1. The zero-order valence-corrected chi connectivity index (χ0v) is 48.8. The maximum Gasteiger partial charge on any atom is 0.318 e. The summed E-state index contributed by atoms with van der Waals surface area (Å²) in [6.07, 6.45) is 16.5. The molecule has 86 heavy (non-hydrogen) atoms. The van der Waals surface area contributed by atoms with E-state index in [1.54, 1.807) is 28.9 Å². The molecule has 5 aromatic heterocycles. The lowest BCUT2D eigenvalue weighted by Gasteiger charge is -2.31. The summed E-state index contributed by atoms with van der Waals surface area (Å²) in [6.45, 7) is 16.0. The van der Waals surface area contributed by atoms with Crippen molar-refractivity contribution in [3.63, 3.8) is 0 Å². The third-order valence-electron chi connectivity index (χ3n) is 18.0. The summed E-state index contributed by atoms with van der Waals surface area (Å²) in [5.41, 5.74) is 11.8. The van der Waals surface area contributed by atoms with Crippen molar-refractivity contribution in [2.75, 3.05) is 44.8 Å². The van der Waals surface area contributed by atoms with E-state index in [4.69, 9.17) is 24.2 Å². The van der Waals surface area contributed by atoms with Gasteiger partial charge in [0.2, 0.25) is 5.91 Å². The maximum absolute atomic E-state index is 15.5. The van der Waals surface area contributed by atoms with E-state index in [1.165, 1.54) is 34.9 Å². The number of amides is 1. The molecule has 19 nitrogen and oxygen atoms in total. The van der Waals surface area contributed by atoms with Crippen LogP contribution in [0.1, 0.15) is 118 Å². The van der Waals surface area contributed by atoms with Crippen molar-refractivity contribution < 1.29 is 28.2 Å². The average Bonchev–Trinajstić information content (AvgIpc) is 2.41. The van der Waals surface area contributed by atoms with E-state index in [9.17, 15) is 14.4 Å². The number of H-pyrrole nitrogens is 2. The summed E-state index contributed by atoms with van der Waals surface area (Å²) in [5.74, 6) is 0.368. The summed E-state index contributed by atoms with van der Waals surface area (Å²) >= 11 is 0. The Balaban J connectivity index is 0.000000344. The molecule has 0 spiro atoms. The molecule has 450 valence electrons. The molecular formula is C66H78FN13O6. The Labute approximate surface area is 499 Å². The van der Waals surface area contributed by atoms with E-state index in [-0.39, 0.29) is 67.4 Å². The Morgan fingerprint density at radius 1 is 0.977 bits per heavy atom. The Morgan fingerprint density at radius 3 is 2.58 bits per heavy atom. The second-order valence-corrected chi connectivity index (χ2v) is 24.1. The van der Waals surface area contributed by atoms with Crippen LogP contribution in [0, 0.1) is 24.6 Å². The summed E-state index contributed by atoms with van der Waals surface area (Å²) < 4.78 is 38.0. The van der Waals surface area contributed by atoms with E-state index < -0.39 is 12.1 Å². The van der Waals surface area contributed by atoms with Gasteiger partial charge >= 0.3 is 6.01 Å². The van der Waals surface area contributed by atoms with E-state index in [2.05, 4.69) is 82.5 Å². The predicted molar refractivity (Wildman–Crippen MR) is 331 cm³/mol. The highest BCUT2D eigenvalue weighted by Gasteiger charge is 2.41. The van der Waals surface area contributed by atoms with Gasteiger partial charge in [0, 0.05) is 103 Å². The Kier molecular flexibility index (Phi) is 16.9. The van der Waals surface area contributed by atoms with Crippen molar-refractivity contribution >= 4 is 62.4 Å². The molecule has 8 aromatic rings. The number of hydrogen-bond acceptors (Lipinski definition) is 14. The molecule has 0 radical (unpaired) electrons.